The highest BCUT2D eigenvalue weighted by atomic mass is 32.2. The Bertz CT molecular complexity index is 1060. The SMILES string of the molecule is O=C(c1ccccc1)c1ccc(N2CCN([C@@H]3CCS(=O)(=O)C3)CC2)c([N+](=O)[O-])c1. The van der Waals surface area contributed by atoms with Gasteiger partial charge in [0.15, 0.2) is 15.6 Å². The molecule has 2 fully saturated rings. The van der Waals surface area contributed by atoms with Gasteiger partial charge in [0.1, 0.15) is 5.69 Å². The summed E-state index contributed by atoms with van der Waals surface area (Å²) in [6, 6.07) is 13.4. The molecule has 2 heterocycles. The van der Waals surface area contributed by atoms with Gasteiger partial charge in [0, 0.05) is 49.4 Å². The maximum absolute atomic E-state index is 12.7. The molecule has 8 nitrogen and oxygen atoms in total. The van der Waals surface area contributed by atoms with E-state index in [9.17, 15) is 23.3 Å². The normalized spacial score (nSPS) is 21.5. The lowest BCUT2D eigenvalue weighted by molar-refractivity contribution is -0.384. The van der Waals surface area contributed by atoms with E-state index in [1.54, 1.807) is 36.4 Å². The molecule has 2 aliphatic rings. The first-order valence-electron chi connectivity index (χ1n) is 9.92. The van der Waals surface area contributed by atoms with Crippen molar-refractivity contribution in [3.63, 3.8) is 0 Å². The quantitative estimate of drug-likeness (QED) is 0.408. The minimum absolute atomic E-state index is 0.0398. The van der Waals surface area contributed by atoms with Crippen LogP contribution in [0, 0.1) is 10.1 Å². The van der Waals surface area contributed by atoms with Gasteiger partial charge in [-0.2, -0.15) is 0 Å². The number of benzene rings is 2. The third-order valence-corrected chi connectivity index (χ3v) is 7.60. The van der Waals surface area contributed by atoms with Gasteiger partial charge < -0.3 is 4.90 Å². The molecule has 30 heavy (non-hydrogen) atoms. The molecule has 0 N–H and O–H groups in total. The predicted molar refractivity (Wildman–Crippen MR) is 114 cm³/mol. The maximum atomic E-state index is 12.7. The molecule has 158 valence electrons. The Morgan fingerprint density at radius 3 is 2.30 bits per heavy atom. The summed E-state index contributed by atoms with van der Waals surface area (Å²) in [6.07, 6.45) is 0.652. The van der Waals surface area contributed by atoms with Gasteiger partial charge in [-0.15, -0.1) is 0 Å². The number of rotatable bonds is 5. The van der Waals surface area contributed by atoms with Crippen LogP contribution in [-0.2, 0) is 9.84 Å². The fourth-order valence-corrected chi connectivity index (χ4v) is 5.99. The van der Waals surface area contributed by atoms with Gasteiger partial charge in [0.25, 0.3) is 5.69 Å². The number of piperazine rings is 1. The number of hydrogen-bond acceptors (Lipinski definition) is 7. The summed E-state index contributed by atoms with van der Waals surface area (Å²) in [5.41, 5.74) is 1.17. The Morgan fingerprint density at radius 2 is 1.70 bits per heavy atom. The van der Waals surface area contributed by atoms with Crippen LogP contribution in [0.4, 0.5) is 11.4 Å². The number of nitro groups is 1. The molecular formula is C21H23N3O5S. The number of anilines is 1. The molecule has 2 aliphatic heterocycles. The van der Waals surface area contributed by atoms with Crippen molar-refractivity contribution in [2.45, 2.75) is 12.5 Å². The van der Waals surface area contributed by atoms with Gasteiger partial charge in [-0.05, 0) is 18.6 Å². The minimum atomic E-state index is -2.94. The van der Waals surface area contributed by atoms with Crippen LogP contribution in [0.2, 0.25) is 0 Å². The lowest BCUT2D eigenvalue weighted by Crippen LogP contribution is -2.50. The van der Waals surface area contributed by atoms with Crippen LogP contribution < -0.4 is 4.90 Å². The molecule has 0 radical (unpaired) electrons. The van der Waals surface area contributed by atoms with Crippen LogP contribution in [0.1, 0.15) is 22.3 Å². The summed E-state index contributed by atoms with van der Waals surface area (Å²) in [5.74, 6) is 0.182. The highest BCUT2D eigenvalue weighted by Gasteiger charge is 2.34. The molecule has 0 saturated carbocycles. The van der Waals surface area contributed by atoms with E-state index in [0.29, 0.717) is 43.9 Å². The summed E-state index contributed by atoms with van der Waals surface area (Å²) in [6.45, 7) is 2.46. The molecule has 2 saturated heterocycles. The van der Waals surface area contributed by atoms with Crippen molar-refractivity contribution in [3.05, 3.63) is 69.8 Å². The summed E-state index contributed by atoms with van der Waals surface area (Å²) < 4.78 is 23.5. The van der Waals surface area contributed by atoms with Gasteiger partial charge in [-0.25, -0.2) is 8.42 Å². The van der Waals surface area contributed by atoms with Crippen LogP contribution in [0.5, 0.6) is 0 Å². The van der Waals surface area contributed by atoms with E-state index in [2.05, 4.69) is 4.90 Å². The van der Waals surface area contributed by atoms with E-state index in [0.717, 1.165) is 0 Å². The highest BCUT2D eigenvalue weighted by molar-refractivity contribution is 7.91. The van der Waals surface area contributed by atoms with Crippen LogP contribution in [-0.4, -0.2) is 67.8 Å². The Hall–Kier alpha value is -2.78. The van der Waals surface area contributed by atoms with E-state index in [4.69, 9.17) is 0 Å². The maximum Gasteiger partial charge on any atom is 0.293 e. The number of carbonyl (C=O) groups is 1. The number of hydrogen-bond donors (Lipinski definition) is 0. The second kappa shape index (κ2) is 8.16. The predicted octanol–water partition coefficient (Wildman–Crippen LogP) is 2.13. The van der Waals surface area contributed by atoms with Gasteiger partial charge >= 0.3 is 0 Å². The van der Waals surface area contributed by atoms with Crippen LogP contribution >= 0.6 is 0 Å². The lowest BCUT2D eigenvalue weighted by atomic mass is 10.0. The molecule has 9 heteroatoms. The molecule has 2 aromatic carbocycles. The van der Waals surface area contributed by atoms with E-state index < -0.39 is 14.8 Å². The van der Waals surface area contributed by atoms with Gasteiger partial charge in [-0.1, -0.05) is 30.3 Å². The number of carbonyl (C=O) groups excluding carboxylic acids is 1. The van der Waals surface area contributed by atoms with Crippen LogP contribution in [0.15, 0.2) is 48.5 Å². The van der Waals surface area contributed by atoms with Crippen molar-refractivity contribution in [2.24, 2.45) is 0 Å². The van der Waals surface area contributed by atoms with Crippen LogP contribution in [0.3, 0.4) is 0 Å². The van der Waals surface area contributed by atoms with E-state index in [1.807, 2.05) is 11.0 Å². The molecule has 0 unspecified atom stereocenters. The van der Waals surface area contributed by atoms with Gasteiger partial charge in [0.05, 0.1) is 16.4 Å². The Morgan fingerprint density at radius 1 is 1.00 bits per heavy atom. The van der Waals surface area contributed by atoms with Gasteiger partial charge in [0.2, 0.25) is 0 Å². The summed E-state index contributed by atoms with van der Waals surface area (Å²) in [7, 11) is -2.94. The molecule has 0 spiro atoms. The number of sulfone groups is 1. The topological polar surface area (TPSA) is 101 Å². The lowest BCUT2D eigenvalue weighted by Gasteiger charge is -2.38. The molecule has 0 amide bonds. The van der Waals surface area contributed by atoms with Crippen molar-refractivity contribution < 1.29 is 18.1 Å². The Labute approximate surface area is 175 Å². The monoisotopic (exact) mass is 429 g/mol. The minimum Gasteiger partial charge on any atom is -0.363 e. The molecule has 1 atom stereocenters. The third-order valence-electron chi connectivity index (χ3n) is 5.85. The zero-order valence-electron chi connectivity index (χ0n) is 16.4. The van der Waals surface area contributed by atoms with Crippen molar-refractivity contribution in [1.29, 1.82) is 0 Å². The van der Waals surface area contributed by atoms with Crippen molar-refractivity contribution in [3.8, 4) is 0 Å². The summed E-state index contributed by atoms with van der Waals surface area (Å²) >= 11 is 0. The standard InChI is InChI=1S/C21H23N3O5S/c25-21(16-4-2-1-3-5-16)17-6-7-19(20(14-17)24(26)27)23-11-9-22(10-12-23)18-8-13-30(28,29)15-18/h1-7,14,18H,8-13,15H2/t18-/m1/s1. The number of nitrogens with zero attached hydrogens (tertiary/aromatic N) is 3. The second-order valence-corrected chi connectivity index (χ2v) is 9.96. The first-order chi connectivity index (χ1) is 14.3. The van der Waals surface area contributed by atoms with Crippen molar-refractivity contribution >= 4 is 27.0 Å². The van der Waals surface area contributed by atoms with Crippen molar-refractivity contribution in [1.82, 2.24) is 4.90 Å². The fraction of sp³-hybridized carbons (Fsp3) is 0.381. The van der Waals surface area contributed by atoms with E-state index in [-0.39, 0.29) is 34.6 Å². The molecule has 0 aromatic heterocycles. The highest BCUT2D eigenvalue weighted by Crippen LogP contribution is 2.31. The van der Waals surface area contributed by atoms with E-state index in [1.165, 1.54) is 6.07 Å². The first-order valence-corrected chi connectivity index (χ1v) is 11.7. The van der Waals surface area contributed by atoms with E-state index >= 15 is 0 Å². The molecule has 2 aromatic rings. The summed E-state index contributed by atoms with van der Waals surface area (Å²) in [5, 5.41) is 11.7. The zero-order chi connectivity index (χ0) is 21.3. The molecular weight excluding hydrogens is 406 g/mol. The third kappa shape index (κ3) is 4.22. The first kappa shape index (κ1) is 20.5. The fourth-order valence-electron chi connectivity index (χ4n) is 4.23. The molecule has 0 aliphatic carbocycles. The average Bonchev–Trinajstić information content (AvgIpc) is 3.13. The molecule has 0 bridgehead atoms. The van der Waals surface area contributed by atoms with Crippen LogP contribution in [0.25, 0.3) is 0 Å². The zero-order valence-corrected chi connectivity index (χ0v) is 17.3. The Balaban J connectivity index is 1.51. The second-order valence-electron chi connectivity index (χ2n) is 7.74. The summed E-state index contributed by atoms with van der Waals surface area (Å²) in [4.78, 5) is 28.0. The number of ketones is 1. The Kier molecular flexibility index (Phi) is 5.57. The molecule has 4 rings (SSSR count). The largest absolute Gasteiger partial charge is 0.363 e. The van der Waals surface area contributed by atoms with Gasteiger partial charge in [-0.3, -0.25) is 19.8 Å². The average molecular weight is 429 g/mol. The van der Waals surface area contributed by atoms with Crippen molar-refractivity contribution in [2.75, 3.05) is 42.6 Å². The smallest absolute Gasteiger partial charge is 0.293 e. The number of nitro benzene ring substituents is 1.